The van der Waals surface area contributed by atoms with Crippen LogP contribution in [0.3, 0.4) is 0 Å². The van der Waals surface area contributed by atoms with E-state index in [2.05, 4.69) is 4.98 Å². The number of benzene rings is 1. The summed E-state index contributed by atoms with van der Waals surface area (Å²) < 4.78 is 38.2. The van der Waals surface area contributed by atoms with Crippen LogP contribution in [0.5, 0.6) is 0 Å². The zero-order valence-electron chi connectivity index (χ0n) is 10.8. The number of nitrogens with zero attached hydrogens (tertiary/aromatic N) is 1. The summed E-state index contributed by atoms with van der Waals surface area (Å²) in [5.74, 6) is 0. The van der Waals surface area contributed by atoms with Crippen LogP contribution >= 0.6 is 58.0 Å². The molecule has 2 nitrogen and oxygen atoms in total. The molecule has 2 rings (SSSR count). The lowest BCUT2D eigenvalue weighted by Crippen LogP contribution is -2.08. The number of pyridine rings is 1. The van der Waals surface area contributed by atoms with Gasteiger partial charge in [-0.15, -0.1) is 0 Å². The van der Waals surface area contributed by atoms with Crippen LogP contribution in [0.1, 0.15) is 11.1 Å². The predicted molar refractivity (Wildman–Crippen MR) is 85.6 cm³/mol. The summed E-state index contributed by atoms with van der Waals surface area (Å²) in [6.45, 7) is -0.725. The highest BCUT2D eigenvalue weighted by molar-refractivity contribution is 6.56. The van der Waals surface area contributed by atoms with Crippen LogP contribution in [0.25, 0.3) is 11.3 Å². The van der Waals surface area contributed by atoms with Gasteiger partial charge in [0.25, 0.3) is 0 Å². The van der Waals surface area contributed by atoms with Crippen molar-refractivity contribution in [1.29, 1.82) is 0 Å². The Bertz CT molecular complexity index is 750. The van der Waals surface area contributed by atoms with E-state index in [-0.39, 0.29) is 41.9 Å². The molecule has 1 heterocycles. The minimum absolute atomic E-state index is 0.00879. The maximum absolute atomic E-state index is 12.7. The van der Waals surface area contributed by atoms with Crippen molar-refractivity contribution in [2.45, 2.75) is 12.8 Å². The smallest absolute Gasteiger partial charge is 0.392 e. The van der Waals surface area contributed by atoms with Gasteiger partial charge in [-0.05, 0) is 6.07 Å². The molecule has 1 aromatic heterocycles. The molecule has 124 valence electrons. The zero-order valence-corrected chi connectivity index (χ0v) is 14.6. The van der Waals surface area contributed by atoms with Gasteiger partial charge in [-0.1, -0.05) is 58.0 Å². The van der Waals surface area contributed by atoms with Gasteiger partial charge in [0, 0.05) is 17.3 Å². The van der Waals surface area contributed by atoms with E-state index in [0.29, 0.717) is 6.20 Å². The normalized spacial score (nSPS) is 11.9. The number of aliphatic hydroxyl groups excluding tert-OH is 1. The lowest BCUT2D eigenvalue weighted by atomic mass is 10.0. The molecule has 0 aliphatic heterocycles. The number of aliphatic hydroxyl groups is 1. The SMILES string of the molecule is OCc1cc(C(F)(F)F)cnc1-c1c(Cl)c(Cl)c(Cl)c(Cl)c1Cl. The van der Waals surface area contributed by atoms with E-state index in [4.69, 9.17) is 58.0 Å². The summed E-state index contributed by atoms with van der Waals surface area (Å²) in [5.41, 5.74) is -1.25. The molecule has 2 aromatic rings. The summed E-state index contributed by atoms with van der Waals surface area (Å²) in [7, 11) is 0. The second-order valence-electron chi connectivity index (χ2n) is 4.33. The number of halogens is 8. The summed E-state index contributed by atoms with van der Waals surface area (Å²) in [5, 5.41) is 8.76. The molecule has 0 amide bonds. The Morgan fingerprint density at radius 2 is 1.39 bits per heavy atom. The minimum atomic E-state index is -4.61. The highest BCUT2D eigenvalue weighted by Crippen LogP contribution is 2.48. The van der Waals surface area contributed by atoms with E-state index >= 15 is 0 Å². The molecule has 0 fully saturated rings. The number of aromatic nitrogens is 1. The molecule has 0 unspecified atom stereocenters. The molecule has 0 radical (unpaired) electrons. The third-order valence-electron chi connectivity index (χ3n) is 2.91. The van der Waals surface area contributed by atoms with Crippen molar-refractivity contribution in [3.63, 3.8) is 0 Å². The Morgan fingerprint density at radius 3 is 1.83 bits per heavy atom. The van der Waals surface area contributed by atoms with Crippen LogP contribution in [-0.4, -0.2) is 10.1 Å². The number of rotatable bonds is 2. The van der Waals surface area contributed by atoms with Crippen molar-refractivity contribution in [3.05, 3.63) is 48.5 Å². The van der Waals surface area contributed by atoms with E-state index in [9.17, 15) is 18.3 Å². The van der Waals surface area contributed by atoms with Crippen molar-refractivity contribution in [2.24, 2.45) is 0 Å². The van der Waals surface area contributed by atoms with Gasteiger partial charge in [0.2, 0.25) is 0 Å². The van der Waals surface area contributed by atoms with E-state index in [1.807, 2.05) is 0 Å². The molecule has 0 spiro atoms. The first-order chi connectivity index (χ1) is 10.6. The Labute approximate surface area is 153 Å². The standard InChI is InChI=1S/C13H5Cl5F3NO/c14-7-6(8(15)10(17)11(18)9(7)16)12-4(3-23)1-5(2-22-12)13(19,20)21/h1-2,23H,3H2. The van der Waals surface area contributed by atoms with Crippen LogP contribution < -0.4 is 0 Å². The van der Waals surface area contributed by atoms with Crippen molar-refractivity contribution in [1.82, 2.24) is 4.98 Å². The van der Waals surface area contributed by atoms with Crippen molar-refractivity contribution in [3.8, 4) is 11.3 Å². The van der Waals surface area contributed by atoms with E-state index in [0.717, 1.165) is 6.07 Å². The fraction of sp³-hybridized carbons (Fsp3) is 0.154. The van der Waals surface area contributed by atoms with E-state index < -0.39 is 18.3 Å². The van der Waals surface area contributed by atoms with Crippen LogP contribution in [0.4, 0.5) is 13.2 Å². The summed E-state index contributed by atoms with van der Waals surface area (Å²) in [6.07, 6.45) is -4.02. The number of alkyl halides is 3. The highest BCUT2D eigenvalue weighted by atomic mass is 35.5. The second kappa shape index (κ2) is 6.82. The molecule has 0 aliphatic carbocycles. The monoisotopic (exact) mass is 423 g/mol. The molecule has 10 heteroatoms. The molecule has 0 aliphatic rings. The Hall–Kier alpha value is -0.430. The molecular formula is C13H5Cl5F3NO. The first-order valence-electron chi connectivity index (χ1n) is 5.78. The minimum Gasteiger partial charge on any atom is -0.392 e. The highest BCUT2D eigenvalue weighted by Gasteiger charge is 2.32. The van der Waals surface area contributed by atoms with Crippen LogP contribution in [0.2, 0.25) is 25.1 Å². The largest absolute Gasteiger partial charge is 0.417 e. The third kappa shape index (κ3) is 3.50. The lowest BCUT2D eigenvalue weighted by molar-refractivity contribution is -0.137. The average molecular weight is 425 g/mol. The van der Waals surface area contributed by atoms with Crippen LogP contribution in [0.15, 0.2) is 12.3 Å². The number of hydrogen-bond acceptors (Lipinski definition) is 2. The molecule has 0 bridgehead atoms. The quantitative estimate of drug-likeness (QED) is 0.439. The van der Waals surface area contributed by atoms with E-state index in [1.54, 1.807) is 0 Å². The second-order valence-corrected chi connectivity index (χ2v) is 6.22. The molecular weight excluding hydrogens is 420 g/mol. The van der Waals surface area contributed by atoms with Gasteiger partial charge in [0.05, 0.1) is 43.0 Å². The average Bonchev–Trinajstić information content (AvgIpc) is 2.50. The molecule has 0 saturated heterocycles. The summed E-state index contributed by atoms with van der Waals surface area (Å²) in [6, 6.07) is 0.741. The number of hydrogen-bond donors (Lipinski definition) is 1. The van der Waals surface area contributed by atoms with Crippen molar-refractivity contribution < 1.29 is 18.3 Å². The fourth-order valence-electron chi connectivity index (χ4n) is 1.82. The Balaban J connectivity index is 2.78. The fourth-order valence-corrected chi connectivity index (χ4v) is 3.14. The predicted octanol–water partition coefficient (Wildman–Crippen LogP) is 6.53. The van der Waals surface area contributed by atoms with Gasteiger partial charge < -0.3 is 5.11 Å². The van der Waals surface area contributed by atoms with Gasteiger partial charge in [-0.2, -0.15) is 13.2 Å². The first kappa shape index (κ1) is 18.9. The zero-order chi connectivity index (χ0) is 17.5. The maximum atomic E-state index is 12.7. The van der Waals surface area contributed by atoms with E-state index in [1.165, 1.54) is 0 Å². The van der Waals surface area contributed by atoms with Crippen molar-refractivity contribution in [2.75, 3.05) is 0 Å². The molecule has 0 saturated carbocycles. The van der Waals surface area contributed by atoms with Gasteiger partial charge in [-0.25, -0.2) is 0 Å². The van der Waals surface area contributed by atoms with Crippen LogP contribution in [0, 0.1) is 0 Å². The molecule has 23 heavy (non-hydrogen) atoms. The van der Waals surface area contributed by atoms with Gasteiger partial charge in [0.15, 0.2) is 0 Å². The third-order valence-corrected chi connectivity index (χ3v) is 5.19. The van der Waals surface area contributed by atoms with Gasteiger partial charge in [-0.3, -0.25) is 4.98 Å². The summed E-state index contributed by atoms with van der Waals surface area (Å²) >= 11 is 29.9. The first-order valence-corrected chi connectivity index (χ1v) is 7.67. The van der Waals surface area contributed by atoms with Crippen molar-refractivity contribution >= 4 is 58.0 Å². The molecule has 0 atom stereocenters. The lowest BCUT2D eigenvalue weighted by Gasteiger charge is -2.16. The maximum Gasteiger partial charge on any atom is 0.417 e. The topological polar surface area (TPSA) is 33.1 Å². The molecule has 1 N–H and O–H groups in total. The van der Waals surface area contributed by atoms with Gasteiger partial charge in [0.1, 0.15) is 0 Å². The summed E-state index contributed by atoms with van der Waals surface area (Å²) in [4.78, 5) is 3.71. The molecule has 1 aromatic carbocycles. The van der Waals surface area contributed by atoms with Gasteiger partial charge >= 0.3 is 6.18 Å². The Morgan fingerprint density at radius 1 is 0.913 bits per heavy atom. The Kier molecular flexibility index (Phi) is 5.61. The van der Waals surface area contributed by atoms with Crippen LogP contribution in [-0.2, 0) is 12.8 Å².